The Labute approximate surface area is 125 Å². The van der Waals surface area contributed by atoms with Crippen molar-refractivity contribution in [1.82, 2.24) is 5.32 Å². The first-order chi connectivity index (χ1) is 9.15. The van der Waals surface area contributed by atoms with Gasteiger partial charge in [-0.15, -0.1) is 0 Å². The molecule has 0 amide bonds. The van der Waals surface area contributed by atoms with E-state index in [1.807, 2.05) is 6.07 Å². The number of benzene rings is 1. The zero-order chi connectivity index (χ0) is 13.7. The summed E-state index contributed by atoms with van der Waals surface area (Å²) in [6.07, 6.45) is 5.25. The lowest BCUT2D eigenvalue weighted by molar-refractivity contribution is 0.227. The van der Waals surface area contributed by atoms with Crippen LogP contribution < -0.4 is 10.1 Å². The Bertz CT molecular complexity index is 406. The molecule has 0 aliphatic carbocycles. The fourth-order valence-corrected chi connectivity index (χ4v) is 2.88. The lowest BCUT2D eigenvalue weighted by Crippen LogP contribution is -2.30. The van der Waals surface area contributed by atoms with Crippen LogP contribution in [0.5, 0.6) is 5.75 Å². The van der Waals surface area contributed by atoms with Gasteiger partial charge in [-0.2, -0.15) is 0 Å². The van der Waals surface area contributed by atoms with Gasteiger partial charge in [-0.25, -0.2) is 0 Å². The summed E-state index contributed by atoms with van der Waals surface area (Å²) in [7, 11) is 0. The molecule has 0 fully saturated rings. The van der Waals surface area contributed by atoms with Crippen LogP contribution >= 0.6 is 15.9 Å². The van der Waals surface area contributed by atoms with Crippen LogP contribution in [0.2, 0.25) is 0 Å². The van der Waals surface area contributed by atoms with E-state index in [0.29, 0.717) is 6.10 Å². The molecule has 2 nitrogen and oxygen atoms in total. The molecule has 2 rings (SSSR count). The summed E-state index contributed by atoms with van der Waals surface area (Å²) in [5.74, 6) is 1.88. The molecule has 19 heavy (non-hydrogen) atoms. The van der Waals surface area contributed by atoms with Crippen LogP contribution in [0.1, 0.15) is 38.7 Å². The van der Waals surface area contributed by atoms with E-state index in [1.54, 1.807) is 0 Å². The van der Waals surface area contributed by atoms with Gasteiger partial charge in [0.05, 0.1) is 0 Å². The first-order valence-corrected chi connectivity index (χ1v) is 8.10. The van der Waals surface area contributed by atoms with Crippen LogP contribution in [0.25, 0.3) is 0 Å². The minimum absolute atomic E-state index is 0.300. The Kier molecular flexibility index (Phi) is 5.71. The maximum absolute atomic E-state index is 5.92. The zero-order valence-corrected chi connectivity index (χ0v) is 13.5. The van der Waals surface area contributed by atoms with Crippen molar-refractivity contribution < 1.29 is 4.74 Å². The molecular weight excluding hydrogens is 302 g/mol. The summed E-state index contributed by atoms with van der Waals surface area (Å²) in [5.41, 5.74) is 1.32. The normalized spacial score (nSPS) is 17.6. The average Bonchev–Trinajstić information content (AvgIpc) is 2.75. The number of rotatable bonds is 7. The molecule has 0 saturated heterocycles. The Morgan fingerprint density at radius 3 is 3.00 bits per heavy atom. The van der Waals surface area contributed by atoms with E-state index in [1.165, 1.54) is 24.8 Å². The summed E-state index contributed by atoms with van der Waals surface area (Å²) in [4.78, 5) is 0. The highest BCUT2D eigenvalue weighted by molar-refractivity contribution is 9.10. The molecule has 1 heterocycles. The Balaban J connectivity index is 1.62. The van der Waals surface area contributed by atoms with Crippen LogP contribution in [0.4, 0.5) is 0 Å². The van der Waals surface area contributed by atoms with Crippen molar-refractivity contribution >= 4 is 15.9 Å². The number of fused-ring (bicyclic) bond motifs is 1. The van der Waals surface area contributed by atoms with E-state index in [-0.39, 0.29) is 0 Å². The first kappa shape index (κ1) is 14.9. The van der Waals surface area contributed by atoms with E-state index in [0.717, 1.165) is 35.7 Å². The predicted octanol–water partition coefficient (Wildman–Crippen LogP) is 4.17. The number of nitrogens with one attached hydrogen (secondary N) is 1. The number of hydrogen-bond acceptors (Lipinski definition) is 2. The number of ether oxygens (including phenoxy) is 1. The molecule has 1 aromatic carbocycles. The standard InChI is InChI=1S/C16H24BrNO/c1-12(2)5-3-4-8-18-11-15-10-13-9-14(17)6-7-16(13)19-15/h6-7,9,12,15,18H,3-5,8,10-11H2,1-2H3. The summed E-state index contributed by atoms with van der Waals surface area (Å²) < 4.78 is 7.06. The van der Waals surface area contributed by atoms with Crippen molar-refractivity contribution in [3.63, 3.8) is 0 Å². The Morgan fingerprint density at radius 2 is 2.21 bits per heavy atom. The Morgan fingerprint density at radius 1 is 1.37 bits per heavy atom. The van der Waals surface area contributed by atoms with Crippen molar-refractivity contribution in [2.45, 2.75) is 45.6 Å². The van der Waals surface area contributed by atoms with Gasteiger partial charge < -0.3 is 10.1 Å². The van der Waals surface area contributed by atoms with Gasteiger partial charge in [-0.3, -0.25) is 0 Å². The quantitative estimate of drug-likeness (QED) is 0.760. The van der Waals surface area contributed by atoms with Gasteiger partial charge in [0, 0.05) is 17.4 Å². The number of halogens is 1. The molecule has 1 aromatic rings. The second-order valence-corrected chi connectivity index (χ2v) is 6.71. The van der Waals surface area contributed by atoms with Crippen molar-refractivity contribution in [2.75, 3.05) is 13.1 Å². The third kappa shape index (κ3) is 4.81. The number of unbranched alkanes of at least 4 members (excludes halogenated alkanes) is 1. The lowest BCUT2D eigenvalue weighted by atomic mass is 10.1. The minimum Gasteiger partial charge on any atom is -0.488 e. The average molecular weight is 326 g/mol. The van der Waals surface area contributed by atoms with Crippen LogP contribution in [0.3, 0.4) is 0 Å². The SMILES string of the molecule is CC(C)CCCCNCC1Cc2cc(Br)ccc2O1. The molecule has 3 heteroatoms. The van der Waals surface area contributed by atoms with Gasteiger partial charge >= 0.3 is 0 Å². The molecule has 106 valence electrons. The van der Waals surface area contributed by atoms with Gasteiger partial charge in [-0.05, 0) is 42.6 Å². The molecular formula is C16H24BrNO. The summed E-state index contributed by atoms with van der Waals surface area (Å²) >= 11 is 3.51. The maximum atomic E-state index is 5.92. The van der Waals surface area contributed by atoms with E-state index >= 15 is 0 Å². The minimum atomic E-state index is 0.300. The fraction of sp³-hybridized carbons (Fsp3) is 0.625. The van der Waals surface area contributed by atoms with Crippen LogP contribution in [-0.2, 0) is 6.42 Å². The molecule has 1 N–H and O–H groups in total. The van der Waals surface area contributed by atoms with Gasteiger partial charge in [-0.1, -0.05) is 42.6 Å². The summed E-state index contributed by atoms with van der Waals surface area (Å²) in [6.45, 7) is 6.63. The second-order valence-electron chi connectivity index (χ2n) is 5.79. The zero-order valence-electron chi connectivity index (χ0n) is 11.9. The maximum Gasteiger partial charge on any atom is 0.123 e. The molecule has 0 saturated carbocycles. The van der Waals surface area contributed by atoms with Crippen LogP contribution in [0, 0.1) is 5.92 Å². The van der Waals surface area contributed by atoms with Crippen molar-refractivity contribution in [3.05, 3.63) is 28.2 Å². The second kappa shape index (κ2) is 7.30. The fourth-order valence-electron chi connectivity index (χ4n) is 2.47. The third-order valence-electron chi connectivity index (χ3n) is 3.52. The highest BCUT2D eigenvalue weighted by Crippen LogP contribution is 2.30. The smallest absolute Gasteiger partial charge is 0.123 e. The monoisotopic (exact) mass is 325 g/mol. The van der Waals surface area contributed by atoms with Crippen LogP contribution in [0.15, 0.2) is 22.7 Å². The predicted molar refractivity (Wildman–Crippen MR) is 83.8 cm³/mol. The van der Waals surface area contributed by atoms with E-state index < -0.39 is 0 Å². The molecule has 0 radical (unpaired) electrons. The van der Waals surface area contributed by atoms with E-state index in [2.05, 4.69) is 47.2 Å². The highest BCUT2D eigenvalue weighted by atomic mass is 79.9. The largest absolute Gasteiger partial charge is 0.488 e. The summed E-state index contributed by atoms with van der Waals surface area (Å²) in [5, 5.41) is 3.51. The van der Waals surface area contributed by atoms with Crippen molar-refractivity contribution in [3.8, 4) is 5.75 Å². The molecule has 0 spiro atoms. The van der Waals surface area contributed by atoms with Gasteiger partial charge in [0.15, 0.2) is 0 Å². The molecule has 0 bridgehead atoms. The highest BCUT2D eigenvalue weighted by Gasteiger charge is 2.22. The van der Waals surface area contributed by atoms with Gasteiger partial charge in [0.2, 0.25) is 0 Å². The number of hydrogen-bond donors (Lipinski definition) is 1. The Hall–Kier alpha value is -0.540. The van der Waals surface area contributed by atoms with Crippen molar-refractivity contribution in [1.29, 1.82) is 0 Å². The third-order valence-corrected chi connectivity index (χ3v) is 4.01. The van der Waals surface area contributed by atoms with Gasteiger partial charge in [0.25, 0.3) is 0 Å². The molecule has 0 aromatic heterocycles. The van der Waals surface area contributed by atoms with E-state index in [4.69, 9.17) is 4.74 Å². The molecule has 1 aliphatic rings. The topological polar surface area (TPSA) is 21.3 Å². The van der Waals surface area contributed by atoms with E-state index in [9.17, 15) is 0 Å². The summed E-state index contributed by atoms with van der Waals surface area (Å²) in [6, 6.07) is 6.26. The molecule has 1 aliphatic heterocycles. The van der Waals surface area contributed by atoms with Crippen LogP contribution in [-0.4, -0.2) is 19.2 Å². The first-order valence-electron chi connectivity index (χ1n) is 7.31. The van der Waals surface area contributed by atoms with Crippen molar-refractivity contribution in [2.24, 2.45) is 5.92 Å². The van der Waals surface area contributed by atoms with Gasteiger partial charge in [0.1, 0.15) is 11.9 Å². The molecule has 1 unspecified atom stereocenters. The lowest BCUT2D eigenvalue weighted by Gasteiger charge is -2.12. The molecule has 1 atom stereocenters.